The SMILES string of the molecule is O=Cc1cn[nH]c1-c1cc(Br)cs1. The van der Waals surface area contributed by atoms with Crippen molar-refractivity contribution in [2.45, 2.75) is 0 Å². The fourth-order valence-corrected chi connectivity index (χ4v) is 2.47. The van der Waals surface area contributed by atoms with Gasteiger partial charge in [-0.2, -0.15) is 5.10 Å². The number of halogens is 1. The van der Waals surface area contributed by atoms with Crippen LogP contribution < -0.4 is 0 Å². The van der Waals surface area contributed by atoms with Crippen LogP contribution >= 0.6 is 27.3 Å². The molecule has 0 atom stereocenters. The van der Waals surface area contributed by atoms with Gasteiger partial charge < -0.3 is 0 Å². The van der Waals surface area contributed by atoms with Gasteiger partial charge in [-0.25, -0.2) is 0 Å². The lowest BCUT2D eigenvalue weighted by Crippen LogP contribution is -1.79. The van der Waals surface area contributed by atoms with Crippen LogP contribution in [0.25, 0.3) is 10.6 Å². The van der Waals surface area contributed by atoms with Gasteiger partial charge in [-0.05, 0) is 22.0 Å². The van der Waals surface area contributed by atoms with E-state index in [2.05, 4.69) is 26.1 Å². The Morgan fingerprint density at radius 2 is 2.46 bits per heavy atom. The summed E-state index contributed by atoms with van der Waals surface area (Å²) in [6.07, 6.45) is 2.32. The molecule has 0 aliphatic heterocycles. The van der Waals surface area contributed by atoms with E-state index in [4.69, 9.17) is 0 Å². The van der Waals surface area contributed by atoms with Crippen LogP contribution in [0.4, 0.5) is 0 Å². The van der Waals surface area contributed by atoms with Crippen molar-refractivity contribution >= 4 is 33.6 Å². The minimum Gasteiger partial charge on any atom is -0.298 e. The van der Waals surface area contributed by atoms with Crippen LogP contribution in [0.3, 0.4) is 0 Å². The van der Waals surface area contributed by atoms with Gasteiger partial charge in [0.1, 0.15) is 0 Å². The van der Waals surface area contributed by atoms with Crippen LogP contribution in [0.5, 0.6) is 0 Å². The number of carbonyl (C=O) groups is 1. The summed E-state index contributed by atoms with van der Waals surface area (Å²) in [5.41, 5.74) is 1.38. The van der Waals surface area contributed by atoms with Crippen LogP contribution in [0.2, 0.25) is 0 Å². The van der Waals surface area contributed by atoms with Crippen LogP contribution in [0.1, 0.15) is 10.4 Å². The fraction of sp³-hybridized carbons (Fsp3) is 0. The second kappa shape index (κ2) is 3.43. The highest BCUT2D eigenvalue weighted by atomic mass is 79.9. The lowest BCUT2D eigenvalue weighted by atomic mass is 10.2. The number of nitrogens with one attached hydrogen (secondary N) is 1. The van der Waals surface area contributed by atoms with Crippen molar-refractivity contribution in [3.8, 4) is 10.6 Å². The number of hydrogen-bond acceptors (Lipinski definition) is 3. The van der Waals surface area contributed by atoms with Gasteiger partial charge in [-0.3, -0.25) is 9.89 Å². The topological polar surface area (TPSA) is 45.8 Å². The van der Waals surface area contributed by atoms with Crippen molar-refractivity contribution in [3.05, 3.63) is 27.7 Å². The molecular formula is C8H5BrN2OS. The second-order valence-electron chi connectivity index (χ2n) is 2.45. The van der Waals surface area contributed by atoms with Gasteiger partial charge in [-0.15, -0.1) is 11.3 Å². The Morgan fingerprint density at radius 1 is 1.62 bits per heavy atom. The molecule has 1 N–H and O–H groups in total. The highest BCUT2D eigenvalue weighted by Gasteiger charge is 2.08. The molecule has 0 aliphatic rings. The van der Waals surface area contributed by atoms with Crippen molar-refractivity contribution in [3.63, 3.8) is 0 Å². The third kappa shape index (κ3) is 1.57. The van der Waals surface area contributed by atoms with Gasteiger partial charge in [0.05, 0.1) is 22.3 Å². The van der Waals surface area contributed by atoms with Gasteiger partial charge in [-0.1, -0.05) is 0 Å². The molecular weight excluding hydrogens is 252 g/mol. The maximum atomic E-state index is 10.6. The smallest absolute Gasteiger partial charge is 0.153 e. The van der Waals surface area contributed by atoms with Crippen LogP contribution in [-0.4, -0.2) is 16.5 Å². The molecule has 0 amide bonds. The van der Waals surface area contributed by atoms with E-state index < -0.39 is 0 Å². The molecule has 3 nitrogen and oxygen atoms in total. The van der Waals surface area contributed by atoms with E-state index in [1.54, 1.807) is 11.3 Å². The molecule has 0 saturated heterocycles. The monoisotopic (exact) mass is 256 g/mol. The first kappa shape index (κ1) is 8.65. The van der Waals surface area contributed by atoms with Crippen LogP contribution in [0, 0.1) is 0 Å². The first-order valence-corrected chi connectivity index (χ1v) is 5.21. The molecule has 0 saturated carbocycles. The molecule has 0 aromatic carbocycles. The van der Waals surface area contributed by atoms with E-state index in [0.717, 1.165) is 21.3 Å². The minimum atomic E-state index is 0.592. The normalized spacial score (nSPS) is 10.2. The molecule has 2 aromatic rings. The van der Waals surface area contributed by atoms with E-state index in [1.165, 1.54) is 6.20 Å². The van der Waals surface area contributed by atoms with Gasteiger partial charge >= 0.3 is 0 Å². The lowest BCUT2D eigenvalue weighted by molar-refractivity contribution is 0.112. The average Bonchev–Trinajstić information content (AvgIpc) is 2.71. The molecule has 66 valence electrons. The Morgan fingerprint density at radius 3 is 3.08 bits per heavy atom. The Balaban J connectivity index is 2.51. The summed E-state index contributed by atoms with van der Waals surface area (Å²) in [6, 6.07) is 1.95. The van der Waals surface area contributed by atoms with E-state index >= 15 is 0 Å². The number of hydrogen-bond donors (Lipinski definition) is 1. The Hall–Kier alpha value is -0.940. The Bertz CT molecular complexity index is 435. The third-order valence-corrected chi connectivity index (χ3v) is 3.32. The Kier molecular flexibility index (Phi) is 2.28. The fourth-order valence-electron chi connectivity index (χ4n) is 1.03. The summed E-state index contributed by atoms with van der Waals surface area (Å²) in [5.74, 6) is 0. The van der Waals surface area contributed by atoms with Crippen molar-refractivity contribution in [1.82, 2.24) is 10.2 Å². The van der Waals surface area contributed by atoms with Gasteiger partial charge in [0, 0.05) is 9.85 Å². The highest BCUT2D eigenvalue weighted by molar-refractivity contribution is 9.10. The molecule has 0 bridgehead atoms. The zero-order valence-corrected chi connectivity index (χ0v) is 8.85. The van der Waals surface area contributed by atoms with E-state index in [-0.39, 0.29) is 0 Å². The number of aldehydes is 1. The zero-order chi connectivity index (χ0) is 9.26. The standard InChI is InChI=1S/C8H5BrN2OS/c9-6-1-7(13-4-6)8-5(3-12)2-10-11-8/h1-4H,(H,10,11). The molecule has 5 heteroatoms. The average molecular weight is 257 g/mol. The van der Waals surface area contributed by atoms with Crippen LogP contribution in [0.15, 0.2) is 22.1 Å². The Labute approximate surface area is 86.9 Å². The van der Waals surface area contributed by atoms with E-state index in [1.807, 2.05) is 11.4 Å². The van der Waals surface area contributed by atoms with Crippen molar-refractivity contribution in [2.24, 2.45) is 0 Å². The van der Waals surface area contributed by atoms with Gasteiger partial charge in [0.25, 0.3) is 0 Å². The molecule has 0 fully saturated rings. The number of aromatic amines is 1. The van der Waals surface area contributed by atoms with E-state index in [0.29, 0.717) is 5.56 Å². The minimum absolute atomic E-state index is 0.592. The largest absolute Gasteiger partial charge is 0.298 e. The van der Waals surface area contributed by atoms with Crippen molar-refractivity contribution < 1.29 is 4.79 Å². The summed E-state index contributed by atoms with van der Waals surface area (Å²) in [5, 5.41) is 8.57. The molecule has 0 unspecified atom stereocenters. The maximum absolute atomic E-state index is 10.6. The summed E-state index contributed by atoms with van der Waals surface area (Å²) in [4.78, 5) is 11.6. The molecule has 2 heterocycles. The molecule has 13 heavy (non-hydrogen) atoms. The molecule has 0 radical (unpaired) electrons. The van der Waals surface area contributed by atoms with Gasteiger partial charge in [0.2, 0.25) is 0 Å². The van der Waals surface area contributed by atoms with Crippen molar-refractivity contribution in [1.29, 1.82) is 0 Å². The number of H-pyrrole nitrogens is 1. The lowest BCUT2D eigenvalue weighted by Gasteiger charge is -1.90. The van der Waals surface area contributed by atoms with Crippen molar-refractivity contribution in [2.75, 3.05) is 0 Å². The quantitative estimate of drug-likeness (QED) is 0.841. The highest BCUT2D eigenvalue weighted by Crippen LogP contribution is 2.29. The number of aromatic nitrogens is 2. The number of rotatable bonds is 2. The molecule has 2 rings (SSSR count). The number of carbonyl (C=O) groups excluding carboxylic acids is 1. The predicted octanol–water partition coefficient (Wildman–Crippen LogP) is 2.71. The second-order valence-corrected chi connectivity index (χ2v) is 4.27. The van der Waals surface area contributed by atoms with E-state index in [9.17, 15) is 4.79 Å². The molecule has 0 spiro atoms. The zero-order valence-electron chi connectivity index (χ0n) is 6.45. The third-order valence-electron chi connectivity index (χ3n) is 1.61. The first-order valence-electron chi connectivity index (χ1n) is 3.54. The summed E-state index contributed by atoms with van der Waals surface area (Å²) in [7, 11) is 0. The summed E-state index contributed by atoms with van der Waals surface area (Å²) in [6.45, 7) is 0. The maximum Gasteiger partial charge on any atom is 0.153 e. The van der Waals surface area contributed by atoms with Gasteiger partial charge in [0.15, 0.2) is 6.29 Å². The molecule has 0 aliphatic carbocycles. The number of thiophene rings is 1. The predicted molar refractivity (Wildman–Crippen MR) is 55.0 cm³/mol. The van der Waals surface area contributed by atoms with Crippen LogP contribution in [-0.2, 0) is 0 Å². The molecule has 2 aromatic heterocycles. The summed E-state index contributed by atoms with van der Waals surface area (Å²) < 4.78 is 1.01. The first-order chi connectivity index (χ1) is 6.31. The number of nitrogens with zero attached hydrogens (tertiary/aromatic N) is 1. The summed E-state index contributed by atoms with van der Waals surface area (Å²) >= 11 is 4.91.